The lowest BCUT2D eigenvalue weighted by atomic mass is 10.2. The lowest BCUT2D eigenvalue weighted by Crippen LogP contribution is -1.88. The summed E-state index contributed by atoms with van der Waals surface area (Å²) in [5.41, 5.74) is 6.96. The maximum Gasteiger partial charge on any atom is 0.159 e. The Kier molecular flexibility index (Phi) is 7.11. The zero-order valence-electron chi connectivity index (χ0n) is 9.26. The first-order valence-corrected chi connectivity index (χ1v) is 5.06. The Bertz CT molecular complexity index is 423. The summed E-state index contributed by atoms with van der Waals surface area (Å²) in [6.45, 7) is 1.56. The number of Topliss-reactive ketones (excluding diaryl/α,β-unsaturated/α-hetero) is 1. The smallest absolute Gasteiger partial charge is 0.159 e. The molecule has 0 unspecified atom stereocenters. The molecule has 0 radical (unpaired) electrons. The van der Waals surface area contributed by atoms with Crippen LogP contribution in [-0.4, -0.2) is 5.78 Å². The van der Waals surface area contributed by atoms with E-state index in [9.17, 15) is 4.79 Å². The summed E-state index contributed by atoms with van der Waals surface area (Å²) in [5.74, 6) is 0.121. The van der Waals surface area contributed by atoms with E-state index in [0.717, 1.165) is 11.3 Å². The van der Waals surface area contributed by atoms with Crippen LogP contribution in [0.3, 0.4) is 0 Å². The number of nitrogens with two attached hydrogens (primary N) is 1. The van der Waals surface area contributed by atoms with Crippen molar-refractivity contribution in [1.82, 2.24) is 0 Å². The highest BCUT2D eigenvalue weighted by molar-refractivity contribution is 5.93. The van der Waals surface area contributed by atoms with E-state index < -0.39 is 0 Å². The first kappa shape index (κ1) is 14.9. The van der Waals surface area contributed by atoms with E-state index in [-0.39, 0.29) is 13.2 Å². The largest absolute Gasteiger partial charge is 0.399 e. The standard InChI is InChI=1S/C8H8O.C6H7N.CH4/c1-7(9)8-5-3-2-4-6-8;7-6-4-2-1-3-5-6;/h2-6H,1H3;1-5H,7H2;1H4. The van der Waals surface area contributed by atoms with Crippen LogP contribution in [0.4, 0.5) is 5.69 Å². The molecule has 0 aliphatic heterocycles. The molecule has 2 N–H and O–H groups in total. The van der Waals surface area contributed by atoms with Gasteiger partial charge in [-0.25, -0.2) is 0 Å². The lowest BCUT2D eigenvalue weighted by Gasteiger charge is -1.89. The van der Waals surface area contributed by atoms with E-state index in [2.05, 4.69) is 0 Å². The quantitative estimate of drug-likeness (QED) is 0.597. The molecule has 0 aliphatic rings. The molecule has 0 spiro atoms. The van der Waals surface area contributed by atoms with Crippen molar-refractivity contribution in [2.75, 3.05) is 5.73 Å². The number of anilines is 1. The van der Waals surface area contributed by atoms with Crippen LogP contribution in [0, 0.1) is 0 Å². The number of carbonyl (C=O) groups excluding carboxylic acids is 1. The molecule has 0 heterocycles. The van der Waals surface area contributed by atoms with Crippen LogP contribution in [0.25, 0.3) is 0 Å². The van der Waals surface area contributed by atoms with Crippen molar-refractivity contribution < 1.29 is 4.79 Å². The van der Waals surface area contributed by atoms with Gasteiger partial charge in [0.25, 0.3) is 0 Å². The third-order valence-corrected chi connectivity index (χ3v) is 1.98. The number of para-hydroxylation sites is 1. The molecule has 0 fully saturated rings. The highest BCUT2D eigenvalue weighted by Crippen LogP contribution is 1.97. The molecule has 2 rings (SSSR count). The Balaban J connectivity index is 0.000000292. The minimum atomic E-state index is 0. The van der Waals surface area contributed by atoms with Gasteiger partial charge in [0.1, 0.15) is 0 Å². The zero-order valence-corrected chi connectivity index (χ0v) is 9.26. The van der Waals surface area contributed by atoms with Crippen molar-refractivity contribution in [2.45, 2.75) is 14.4 Å². The van der Waals surface area contributed by atoms with Gasteiger partial charge in [-0.1, -0.05) is 56.0 Å². The van der Waals surface area contributed by atoms with Gasteiger partial charge in [-0.05, 0) is 19.1 Å². The Hall–Kier alpha value is -2.09. The van der Waals surface area contributed by atoms with Gasteiger partial charge >= 0.3 is 0 Å². The van der Waals surface area contributed by atoms with Crippen LogP contribution in [0.1, 0.15) is 24.7 Å². The summed E-state index contributed by atoms with van der Waals surface area (Å²) in [5, 5.41) is 0. The number of benzene rings is 2. The van der Waals surface area contributed by atoms with Crippen molar-refractivity contribution in [3.8, 4) is 0 Å². The molecule has 0 aromatic heterocycles. The van der Waals surface area contributed by atoms with E-state index in [1.807, 2.05) is 60.7 Å². The fourth-order valence-electron chi connectivity index (χ4n) is 1.13. The molecule has 2 heteroatoms. The minimum Gasteiger partial charge on any atom is -0.399 e. The Morgan fingerprint density at radius 2 is 1.29 bits per heavy atom. The Labute approximate surface area is 103 Å². The fraction of sp³-hybridized carbons (Fsp3) is 0.133. The average molecular weight is 229 g/mol. The second kappa shape index (κ2) is 8.11. The van der Waals surface area contributed by atoms with Gasteiger partial charge < -0.3 is 5.73 Å². The molecule has 0 aliphatic carbocycles. The van der Waals surface area contributed by atoms with Crippen molar-refractivity contribution >= 4 is 11.5 Å². The predicted octanol–water partition coefficient (Wildman–Crippen LogP) is 3.79. The van der Waals surface area contributed by atoms with Gasteiger partial charge in [-0.15, -0.1) is 0 Å². The van der Waals surface area contributed by atoms with Gasteiger partial charge in [-0.3, -0.25) is 4.79 Å². The van der Waals surface area contributed by atoms with E-state index in [1.54, 1.807) is 6.92 Å². The predicted molar refractivity (Wildman–Crippen MR) is 74.0 cm³/mol. The molecule has 0 saturated heterocycles. The molecular formula is C15H19NO. The highest BCUT2D eigenvalue weighted by Gasteiger charge is 1.92. The lowest BCUT2D eigenvalue weighted by molar-refractivity contribution is 0.101. The summed E-state index contributed by atoms with van der Waals surface area (Å²) in [6.07, 6.45) is 0. The molecule has 0 bridgehead atoms. The van der Waals surface area contributed by atoms with E-state index in [4.69, 9.17) is 5.73 Å². The second-order valence-electron chi connectivity index (χ2n) is 3.33. The zero-order chi connectivity index (χ0) is 11.8. The van der Waals surface area contributed by atoms with E-state index in [1.165, 1.54) is 0 Å². The minimum absolute atomic E-state index is 0. The molecule has 2 aromatic rings. The third-order valence-electron chi connectivity index (χ3n) is 1.98. The van der Waals surface area contributed by atoms with Gasteiger partial charge in [0.05, 0.1) is 0 Å². The Morgan fingerprint density at radius 1 is 0.882 bits per heavy atom. The first-order valence-electron chi connectivity index (χ1n) is 5.06. The number of nitrogen functional groups attached to an aromatic ring is 1. The number of carbonyl (C=O) groups is 1. The average Bonchev–Trinajstić information content (AvgIpc) is 2.32. The molecule has 0 saturated carbocycles. The van der Waals surface area contributed by atoms with Crippen LogP contribution >= 0.6 is 0 Å². The molecular weight excluding hydrogens is 210 g/mol. The monoisotopic (exact) mass is 229 g/mol. The molecule has 2 aromatic carbocycles. The molecule has 0 atom stereocenters. The van der Waals surface area contributed by atoms with Crippen LogP contribution in [0.15, 0.2) is 60.7 Å². The number of ketones is 1. The van der Waals surface area contributed by atoms with Crippen LogP contribution in [0.2, 0.25) is 0 Å². The van der Waals surface area contributed by atoms with Gasteiger partial charge in [0.2, 0.25) is 0 Å². The van der Waals surface area contributed by atoms with Crippen LogP contribution in [0.5, 0.6) is 0 Å². The summed E-state index contributed by atoms with van der Waals surface area (Å²) in [6, 6.07) is 18.7. The van der Waals surface area contributed by atoms with Crippen LogP contribution in [-0.2, 0) is 0 Å². The first-order chi connectivity index (χ1) is 7.70. The van der Waals surface area contributed by atoms with Crippen LogP contribution < -0.4 is 5.73 Å². The number of hydrogen-bond acceptors (Lipinski definition) is 2. The van der Waals surface area contributed by atoms with E-state index >= 15 is 0 Å². The summed E-state index contributed by atoms with van der Waals surface area (Å²) in [4.78, 5) is 10.6. The summed E-state index contributed by atoms with van der Waals surface area (Å²) < 4.78 is 0. The highest BCUT2D eigenvalue weighted by atomic mass is 16.1. The second-order valence-corrected chi connectivity index (χ2v) is 3.33. The SMILES string of the molecule is C.CC(=O)c1ccccc1.Nc1ccccc1. The normalized spacial score (nSPS) is 8.29. The van der Waals surface area contributed by atoms with Gasteiger partial charge in [0, 0.05) is 11.3 Å². The fourth-order valence-corrected chi connectivity index (χ4v) is 1.13. The molecule has 0 amide bonds. The van der Waals surface area contributed by atoms with Crippen molar-refractivity contribution in [2.24, 2.45) is 0 Å². The van der Waals surface area contributed by atoms with E-state index in [0.29, 0.717) is 0 Å². The number of hydrogen-bond donors (Lipinski definition) is 1. The molecule has 90 valence electrons. The summed E-state index contributed by atoms with van der Waals surface area (Å²) in [7, 11) is 0. The maximum atomic E-state index is 10.6. The Morgan fingerprint density at radius 3 is 1.53 bits per heavy atom. The summed E-state index contributed by atoms with van der Waals surface area (Å²) >= 11 is 0. The van der Waals surface area contributed by atoms with Crippen molar-refractivity contribution in [3.05, 3.63) is 66.2 Å². The molecule has 2 nitrogen and oxygen atoms in total. The van der Waals surface area contributed by atoms with Crippen molar-refractivity contribution in [3.63, 3.8) is 0 Å². The number of rotatable bonds is 1. The molecule has 17 heavy (non-hydrogen) atoms. The van der Waals surface area contributed by atoms with Gasteiger partial charge in [-0.2, -0.15) is 0 Å². The topological polar surface area (TPSA) is 43.1 Å². The third kappa shape index (κ3) is 6.15. The maximum absolute atomic E-state index is 10.6. The van der Waals surface area contributed by atoms with Gasteiger partial charge in [0.15, 0.2) is 5.78 Å². The van der Waals surface area contributed by atoms with Crippen molar-refractivity contribution in [1.29, 1.82) is 0 Å².